The molecule has 7 nitrogen and oxygen atoms in total. The van der Waals surface area contributed by atoms with Crippen molar-refractivity contribution in [3.63, 3.8) is 0 Å². The summed E-state index contributed by atoms with van der Waals surface area (Å²) in [6.07, 6.45) is 4.02. The molecule has 2 amide bonds. The lowest BCUT2D eigenvalue weighted by Crippen LogP contribution is -2.47. The van der Waals surface area contributed by atoms with Crippen molar-refractivity contribution in [1.82, 2.24) is 15.2 Å². The first-order chi connectivity index (χ1) is 13.4. The Hall–Kier alpha value is -3.14. The van der Waals surface area contributed by atoms with Gasteiger partial charge in [-0.05, 0) is 43.4 Å². The molecule has 0 aliphatic heterocycles. The first-order valence-corrected chi connectivity index (χ1v) is 9.51. The van der Waals surface area contributed by atoms with Crippen molar-refractivity contribution in [2.24, 2.45) is 11.8 Å². The van der Waals surface area contributed by atoms with Gasteiger partial charge in [-0.25, -0.2) is 0 Å². The molecule has 1 aromatic carbocycles. The largest absolute Gasteiger partial charge is 0.341 e. The number of rotatable bonds is 7. The summed E-state index contributed by atoms with van der Waals surface area (Å²) in [5, 5.41) is 14.8. The summed E-state index contributed by atoms with van der Waals surface area (Å²) in [5.74, 6) is -0.439. The molecule has 7 heteroatoms. The van der Waals surface area contributed by atoms with E-state index in [1.54, 1.807) is 29.0 Å². The maximum atomic E-state index is 12.8. The van der Waals surface area contributed by atoms with Gasteiger partial charge in [0.05, 0.1) is 11.6 Å². The lowest BCUT2D eigenvalue weighted by atomic mass is 10.0. The van der Waals surface area contributed by atoms with Crippen LogP contribution in [0.1, 0.15) is 48.3 Å². The van der Waals surface area contributed by atoms with Gasteiger partial charge >= 0.3 is 0 Å². The van der Waals surface area contributed by atoms with Crippen molar-refractivity contribution in [3.05, 3.63) is 36.0 Å². The second kappa shape index (κ2) is 8.26. The summed E-state index contributed by atoms with van der Waals surface area (Å²) in [7, 11) is 0. The lowest BCUT2D eigenvalue weighted by molar-refractivity contribution is -0.123. The summed E-state index contributed by atoms with van der Waals surface area (Å²) < 4.78 is 1.61. The number of carbonyl (C=O) groups is 3. The van der Waals surface area contributed by atoms with Crippen LogP contribution in [-0.2, 0) is 4.79 Å². The van der Waals surface area contributed by atoms with E-state index in [1.165, 1.54) is 0 Å². The molecule has 1 heterocycles. The van der Waals surface area contributed by atoms with Crippen molar-refractivity contribution in [3.8, 4) is 6.07 Å². The number of amides is 2. The fourth-order valence-corrected chi connectivity index (χ4v) is 3.18. The van der Waals surface area contributed by atoms with Gasteiger partial charge in [-0.15, -0.1) is 0 Å². The fourth-order valence-electron chi connectivity index (χ4n) is 3.18. The predicted molar refractivity (Wildman–Crippen MR) is 105 cm³/mol. The normalized spacial score (nSPS) is 14.5. The molecule has 0 spiro atoms. The van der Waals surface area contributed by atoms with E-state index in [4.69, 9.17) is 5.26 Å². The predicted octanol–water partition coefficient (Wildman–Crippen LogP) is 2.48. The van der Waals surface area contributed by atoms with E-state index in [-0.39, 0.29) is 36.1 Å². The quantitative estimate of drug-likeness (QED) is 0.720. The van der Waals surface area contributed by atoms with Crippen LogP contribution in [0.3, 0.4) is 0 Å². The molecule has 2 N–H and O–H groups in total. The smallest absolute Gasteiger partial charge is 0.252 e. The highest BCUT2D eigenvalue weighted by Crippen LogP contribution is 2.32. The first-order valence-electron chi connectivity index (χ1n) is 9.51. The maximum Gasteiger partial charge on any atom is 0.252 e. The molecule has 1 aliphatic carbocycles. The molecule has 1 atom stereocenters. The minimum atomic E-state index is -0.726. The van der Waals surface area contributed by atoms with Crippen LogP contribution in [0.25, 0.3) is 10.9 Å². The van der Waals surface area contributed by atoms with Crippen molar-refractivity contribution in [2.45, 2.75) is 39.2 Å². The average molecular weight is 380 g/mol. The number of nitriles is 1. The van der Waals surface area contributed by atoms with E-state index in [2.05, 4.69) is 10.6 Å². The number of aromatic nitrogens is 1. The molecule has 0 bridgehead atoms. The van der Waals surface area contributed by atoms with Gasteiger partial charge in [0.25, 0.3) is 5.91 Å². The fraction of sp³-hybridized carbons (Fsp3) is 0.429. The molecule has 1 saturated carbocycles. The second-order valence-electron chi connectivity index (χ2n) is 7.60. The van der Waals surface area contributed by atoms with E-state index in [0.717, 1.165) is 18.2 Å². The molecule has 1 fully saturated rings. The van der Waals surface area contributed by atoms with Gasteiger partial charge in [0.2, 0.25) is 11.8 Å². The highest BCUT2D eigenvalue weighted by atomic mass is 16.2. The van der Waals surface area contributed by atoms with Gasteiger partial charge < -0.3 is 10.6 Å². The van der Waals surface area contributed by atoms with Crippen LogP contribution < -0.4 is 10.6 Å². The first kappa shape index (κ1) is 19.6. The number of benzene rings is 1. The molecular weight excluding hydrogens is 356 g/mol. The van der Waals surface area contributed by atoms with Gasteiger partial charge in [-0.2, -0.15) is 5.26 Å². The Morgan fingerprint density at radius 2 is 2.00 bits per heavy atom. The molecule has 0 saturated heterocycles. The second-order valence-corrected chi connectivity index (χ2v) is 7.60. The van der Waals surface area contributed by atoms with E-state index < -0.39 is 6.04 Å². The van der Waals surface area contributed by atoms with Crippen LogP contribution in [0.4, 0.5) is 0 Å². The summed E-state index contributed by atoms with van der Waals surface area (Å²) in [6.45, 7) is 3.81. The zero-order chi connectivity index (χ0) is 20.3. The van der Waals surface area contributed by atoms with Gasteiger partial charge in [-0.1, -0.05) is 19.9 Å². The van der Waals surface area contributed by atoms with Crippen molar-refractivity contribution >= 4 is 28.6 Å². The van der Waals surface area contributed by atoms with Crippen LogP contribution in [-0.4, -0.2) is 34.9 Å². The molecule has 1 aromatic heterocycles. The summed E-state index contributed by atoms with van der Waals surface area (Å²) in [5.41, 5.74) is 1.08. The molecule has 1 aliphatic rings. The van der Waals surface area contributed by atoms with Gasteiger partial charge in [-0.3, -0.25) is 19.0 Å². The van der Waals surface area contributed by atoms with Gasteiger partial charge in [0.1, 0.15) is 12.6 Å². The molecule has 28 heavy (non-hydrogen) atoms. The highest BCUT2D eigenvalue weighted by Gasteiger charge is 2.31. The Balaban J connectivity index is 1.80. The van der Waals surface area contributed by atoms with Crippen molar-refractivity contribution in [1.29, 1.82) is 5.26 Å². The highest BCUT2D eigenvalue weighted by molar-refractivity contribution is 6.02. The summed E-state index contributed by atoms with van der Waals surface area (Å²) in [4.78, 5) is 37.5. The van der Waals surface area contributed by atoms with Gasteiger partial charge in [0.15, 0.2) is 0 Å². The van der Waals surface area contributed by atoms with Crippen LogP contribution in [0.15, 0.2) is 30.5 Å². The van der Waals surface area contributed by atoms with Crippen LogP contribution in [0, 0.1) is 23.2 Å². The molecule has 0 radical (unpaired) electrons. The Kier molecular flexibility index (Phi) is 5.78. The topological polar surface area (TPSA) is 104 Å². The Bertz CT molecular complexity index is 950. The molecule has 3 rings (SSSR count). The number of carbonyl (C=O) groups excluding carboxylic acids is 3. The third kappa shape index (κ3) is 4.39. The standard InChI is InChI=1S/C21H24N4O3/c1-13(2)11-17(20(27)23-9-8-22)24-19(26)16-6-3-14-7-10-25(18(14)12-16)21(28)15-4-5-15/h3,6-7,10,12-13,15,17H,4-5,9,11H2,1-2H3,(H,23,27)(H,24,26). The zero-order valence-electron chi connectivity index (χ0n) is 16.1. The third-order valence-corrected chi connectivity index (χ3v) is 4.79. The van der Waals surface area contributed by atoms with Crippen molar-refractivity contribution in [2.75, 3.05) is 6.54 Å². The van der Waals surface area contributed by atoms with Crippen LogP contribution >= 0.6 is 0 Å². The number of hydrogen-bond acceptors (Lipinski definition) is 4. The SMILES string of the molecule is CC(C)CC(NC(=O)c1ccc2ccn(C(=O)C3CC3)c2c1)C(=O)NCC#N. The number of hydrogen-bond donors (Lipinski definition) is 2. The Morgan fingerprint density at radius 1 is 1.25 bits per heavy atom. The van der Waals surface area contributed by atoms with E-state index in [1.807, 2.05) is 26.0 Å². The zero-order valence-corrected chi connectivity index (χ0v) is 16.1. The minimum Gasteiger partial charge on any atom is -0.341 e. The van der Waals surface area contributed by atoms with Gasteiger partial charge in [0, 0.05) is 23.1 Å². The van der Waals surface area contributed by atoms with E-state index in [0.29, 0.717) is 17.5 Å². The lowest BCUT2D eigenvalue weighted by Gasteiger charge is -2.19. The Morgan fingerprint density at radius 3 is 2.64 bits per heavy atom. The summed E-state index contributed by atoms with van der Waals surface area (Å²) >= 11 is 0. The molecular formula is C21H24N4O3. The minimum absolute atomic E-state index is 0.0566. The summed E-state index contributed by atoms with van der Waals surface area (Å²) in [6, 6.07) is 8.16. The molecule has 2 aromatic rings. The van der Waals surface area contributed by atoms with Crippen molar-refractivity contribution < 1.29 is 14.4 Å². The third-order valence-electron chi connectivity index (χ3n) is 4.79. The monoisotopic (exact) mass is 380 g/mol. The Labute approximate surface area is 163 Å². The van der Waals surface area contributed by atoms with E-state index >= 15 is 0 Å². The molecule has 146 valence electrons. The van der Waals surface area contributed by atoms with Crippen LogP contribution in [0.5, 0.6) is 0 Å². The number of nitrogens with zero attached hydrogens (tertiary/aromatic N) is 2. The van der Waals surface area contributed by atoms with Crippen LogP contribution in [0.2, 0.25) is 0 Å². The number of nitrogens with one attached hydrogen (secondary N) is 2. The molecule has 1 unspecified atom stereocenters. The van der Waals surface area contributed by atoms with E-state index in [9.17, 15) is 14.4 Å². The maximum absolute atomic E-state index is 12.8. The number of fused-ring (bicyclic) bond motifs is 1. The average Bonchev–Trinajstić information content (AvgIpc) is 3.43.